The molecule has 2 heterocycles. The zero-order valence-corrected chi connectivity index (χ0v) is 18.1. The highest BCUT2D eigenvalue weighted by Gasteiger charge is 2.20. The quantitative estimate of drug-likeness (QED) is 0.615. The number of benzene rings is 2. The molecule has 4 rings (SSSR count). The van der Waals surface area contributed by atoms with E-state index in [4.69, 9.17) is 16.0 Å². The SMILES string of the molecule is CCC(=O)N1CCN(c2ccc(NC(=O)c3ccc(-c4ccc(Cl)cc4)o3)cc2)CC1. The lowest BCUT2D eigenvalue weighted by Crippen LogP contribution is -2.48. The van der Waals surface area contributed by atoms with Crippen molar-refractivity contribution in [2.24, 2.45) is 0 Å². The van der Waals surface area contributed by atoms with Gasteiger partial charge in [0.2, 0.25) is 5.91 Å². The molecule has 0 bridgehead atoms. The van der Waals surface area contributed by atoms with Crippen LogP contribution in [0.2, 0.25) is 5.02 Å². The van der Waals surface area contributed by atoms with Crippen molar-refractivity contribution in [1.29, 1.82) is 0 Å². The molecule has 160 valence electrons. The van der Waals surface area contributed by atoms with Crippen LogP contribution in [0, 0.1) is 0 Å². The molecule has 0 aliphatic carbocycles. The van der Waals surface area contributed by atoms with E-state index in [0.29, 0.717) is 22.9 Å². The molecule has 0 radical (unpaired) electrons. The molecular weight excluding hydrogens is 414 g/mol. The molecule has 1 aliphatic heterocycles. The summed E-state index contributed by atoms with van der Waals surface area (Å²) in [6.45, 7) is 4.97. The molecule has 1 N–H and O–H groups in total. The summed E-state index contributed by atoms with van der Waals surface area (Å²) in [5.41, 5.74) is 2.62. The standard InChI is InChI=1S/C24H24ClN3O3/c1-2-23(29)28-15-13-27(14-16-28)20-9-7-19(8-10-20)26-24(30)22-12-11-21(31-22)17-3-5-18(25)6-4-17/h3-12H,2,13-16H2,1H3,(H,26,30). The van der Waals surface area contributed by atoms with Gasteiger partial charge in [-0.05, 0) is 60.7 Å². The number of nitrogens with one attached hydrogen (secondary N) is 1. The number of nitrogens with zero attached hydrogens (tertiary/aromatic N) is 2. The van der Waals surface area contributed by atoms with E-state index in [0.717, 1.165) is 37.4 Å². The minimum atomic E-state index is -0.306. The molecular formula is C24H24ClN3O3. The van der Waals surface area contributed by atoms with Gasteiger partial charge in [0.15, 0.2) is 5.76 Å². The van der Waals surface area contributed by atoms with Crippen molar-refractivity contribution in [3.63, 3.8) is 0 Å². The number of furan rings is 1. The third-order valence-electron chi connectivity index (χ3n) is 5.38. The monoisotopic (exact) mass is 437 g/mol. The number of amides is 2. The van der Waals surface area contributed by atoms with E-state index >= 15 is 0 Å². The van der Waals surface area contributed by atoms with E-state index < -0.39 is 0 Å². The van der Waals surface area contributed by atoms with Gasteiger partial charge in [-0.3, -0.25) is 9.59 Å². The molecule has 2 amide bonds. The molecule has 0 spiro atoms. The van der Waals surface area contributed by atoms with Crippen molar-refractivity contribution in [2.75, 3.05) is 36.4 Å². The summed E-state index contributed by atoms with van der Waals surface area (Å²) in [5, 5.41) is 3.51. The molecule has 1 aromatic heterocycles. The van der Waals surface area contributed by atoms with E-state index in [1.807, 2.05) is 48.2 Å². The number of hydrogen-bond donors (Lipinski definition) is 1. The largest absolute Gasteiger partial charge is 0.451 e. The maximum atomic E-state index is 12.6. The van der Waals surface area contributed by atoms with Crippen LogP contribution in [0.3, 0.4) is 0 Å². The fourth-order valence-electron chi connectivity index (χ4n) is 3.62. The first-order chi connectivity index (χ1) is 15.0. The fourth-order valence-corrected chi connectivity index (χ4v) is 3.74. The first-order valence-corrected chi connectivity index (χ1v) is 10.7. The van der Waals surface area contributed by atoms with E-state index in [2.05, 4.69) is 10.2 Å². The third-order valence-corrected chi connectivity index (χ3v) is 5.64. The van der Waals surface area contributed by atoms with Gasteiger partial charge in [0.1, 0.15) is 5.76 Å². The van der Waals surface area contributed by atoms with Gasteiger partial charge in [0, 0.05) is 54.6 Å². The molecule has 1 saturated heterocycles. The summed E-state index contributed by atoms with van der Waals surface area (Å²) in [7, 11) is 0. The van der Waals surface area contributed by atoms with E-state index in [-0.39, 0.29) is 17.6 Å². The molecule has 7 heteroatoms. The van der Waals surface area contributed by atoms with Crippen molar-refractivity contribution in [2.45, 2.75) is 13.3 Å². The van der Waals surface area contributed by atoms with Gasteiger partial charge in [-0.15, -0.1) is 0 Å². The van der Waals surface area contributed by atoms with Crippen LogP contribution in [-0.2, 0) is 4.79 Å². The van der Waals surface area contributed by atoms with Crippen LogP contribution in [0.15, 0.2) is 65.1 Å². The maximum Gasteiger partial charge on any atom is 0.291 e. The third kappa shape index (κ3) is 4.91. The molecule has 1 fully saturated rings. The second kappa shape index (κ2) is 9.27. The average Bonchev–Trinajstić information content (AvgIpc) is 3.30. The predicted octanol–water partition coefficient (Wildman–Crippen LogP) is 4.91. The van der Waals surface area contributed by atoms with E-state index in [9.17, 15) is 9.59 Å². The van der Waals surface area contributed by atoms with Crippen LogP contribution in [-0.4, -0.2) is 42.9 Å². The van der Waals surface area contributed by atoms with Gasteiger partial charge < -0.3 is 19.5 Å². The molecule has 2 aromatic carbocycles. The van der Waals surface area contributed by atoms with Crippen molar-refractivity contribution in [3.05, 3.63) is 71.4 Å². The first-order valence-electron chi connectivity index (χ1n) is 10.3. The van der Waals surface area contributed by atoms with Gasteiger partial charge in [-0.25, -0.2) is 0 Å². The number of rotatable bonds is 5. The molecule has 0 saturated carbocycles. The normalized spacial score (nSPS) is 13.9. The van der Waals surface area contributed by atoms with E-state index in [1.165, 1.54) is 0 Å². The second-order valence-corrected chi connectivity index (χ2v) is 7.83. The van der Waals surface area contributed by atoms with Crippen molar-refractivity contribution < 1.29 is 14.0 Å². The summed E-state index contributed by atoms with van der Waals surface area (Å²) in [6.07, 6.45) is 0.547. The minimum Gasteiger partial charge on any atom is -0.451 e. The van der Waals surface area contributed by atoms with Crippen molar-refractivity contribution in [3.8, 4) is 11.3 Å². The van der Waals surface area contributed by atoms with E-state index in [1.54, 1.807) is 24.3 Å². The van der Waals surface area contributed by atoms with Crippen molar-refractivity contribution in [1.82, 2.24) is 4.90 Å². The fraction of sp³-hybridized carbons (Fsp3) is 0.250. The molecule has 0 unspecified atom stereocenters. The highest BCUT2D eigenvalue weighted by molar-refractivity contribution is 6.30. The Morgan fingerprint density at radius 3 is 2.26 bits per heavy atom. The lowest BCUT2D eigenvalue weighted by molar-refractivity contribution is -0.131. The zero-order valence-electron chi connectivity index (χ0n) is 17.3. The highest BCUT2D eigenvalue weighted by atomic mass is 35.5. The Balaban J connectivity index is 1.35. The second-order valence-electron chi connectivity index (χ2n) is 7.39. The van der Waals surface area contributed by atoms with Crippen LogP contribution >= 0.6 is 11.6 Å². The Kier molecular flexibility index (Phi) is 6.28. The number of piperazine rings is 1. The Morgan fingerprint density at radius 1 is 0.935 bits per heavy atom. The molecule has 31 heavy (non-hydrogen) atoms. The lowest BCUT2D eigenvalue weighted by atomic mass is 10.2. The molecule has 6 nitrogen and oxygen atoms in total. The van der Waals surface area contributed by atoms with Crippen LogP contribution in [0.4, 0.5) is 11.4 Å². The van der Waals surface area contributed by atoms with Gasteiger partial charge in [-0.1, -0.05) is 18.5 Å². The topological polar surface area (TPSA) is 65.8 Å². The number of halogens is 1. The summed E-state index contributed by atoms with van der Waals surface area (Å²) >= 11 is 5.92. The van der Waals surface area contributed by atoms with Crippen LogP contribution < -0.4 is 10.2 Å². The van der Waals surface area contributed by atoms with Crippen LogP contribution in [0.25, 0.3) is 11.3 Å². The van der Waals surface area contributed by atoms with Gasteiger partial charge >= 0.3 is 0 Å². The Morgan fingerprint density at radius 2 is 1.61 bits per heavy atom. The summed E-state index contributed by atoms with van der Waals surface area (Å²) in [5.74, 6) is 0.748. The smallest absolute Gasteiger partial charge is 0.291 e. The van der Waals surface area contributed by atoms with Crippen LogP contribution in [0.5, 0.6) is 0 Å². The van der Waals surface area contributed by atoms with Gasteiger partial charge in [0.25, 0.3) is 5.91 Å². The van der Waals surface area contributed by atoms with Gasteiger partial charge in [-0.2, -0.15) is 0 Å². The number of carbonyl (C=O) groups is 2. The van der Waals surface area contributed by atoms with Crippen LogP contribution in [0.1, 0.15) is 23.9 Å². The van der Waals surface area contributed by atoms with Gasteiger partial charge in [0.05, 0.1) is 0 Å². The summed E-state index contributed by atoms with van der Waals surface area (Å²) in [6, 6.07) is 18.4. The molecule has 3 aromatic rings. The zero-order chi connectivity index (χ0) is 21.8. The summed E-state index contributed by atoms with van der Waals surface area (Å²) in [4.78, 5) is 28.5. The predicted molar refractivity (Wildman–Crippen MR) is 123 cm³/mol. The number of anilines is 2. The first kappa shape index (κ1) is 21.0. The molecule has 1 aliphatic rings. The average molecular weight is 438 g/mol. The number of carbonyl (C=O) groups excluding carboxylic acids is 2. The summed E-state index contributed by atoms with van der Waals surface area (Å²) < 4.78 is 5.71. The molecule has 0 atom stereocenters. The Labute approximate surface area is 186 Å². The van der Waals surface area contributed by atoms with Crippen molar-refractivity contribution >= 4 is 34.8 Å². The Bertz CT molecular complexity index is 1050. The maximum absolute atomic E-state index is 12.6. The lowest BCUT2D eigenvalue weighted by Gasteiger charge is -2.36. The minimum absolute atomic E-state index is 0.204. The Hall–Kier alpha value is -3.25. The number of hydrogen-bond acceptors (Lipinski definition) is 4. The highest BCUT2D eigenvalue weighted by Crippen LogP contribution is 2.25.